The Hall–Kier alpha value is -3.05. The molecule has 1 amide bonds. The summed E-state index contributed by atoms with van der Waals surface area (Å²) >= 11 is 1.54. The molecule has 7 nitrogen and oxygen atoms in total. The van der Waals surface area contributed by atoms with E-state index >= 15 is 0 Å². The summed E-state index contributed by atoms with van der Waals surface area (Å²) in [5, 5.41) is 3.56. The molecule has 2 aromatic heterocycles. The Morgan fingerprint density at radius 1 is 1.23 bits per heavy atom. The van der Waals surface area contributed by atoms with Crippen molar-refractivity contribution in [3.05, 3.63) is 58.6 Å². The fourth-order valence-corrected chi connectivity index (χ4v) is 4.42. The molecule has 2 atom stereocenters. The summed E-state index contributed by atoms with van der Waals surface area (Å²) in [7, 11) is 0. The number of carbonyl (C=O) groups is 1. The lowest BCUT2D eigenvalue weighted by atomic mass is 10.1. The summed E-state index contributed by atoms with van der Waals surface area (Å²) in [5.41, 5.74) is 1.44. The SMILES string of the molecule is CCc1cnc(-c2cc(OC[C@@H]3CCCO3)cc(C(=O)N[C@H](C)c3cnc(C(F)(F)F)nc3)c2)s1. The van der Waals surface area contributed by atoms with Crippen LogP contribution >= 0.6 is 11.3 Å². The summed E-state index contributed by atoms with van der Waals surface area (Å²) in [6.07, 6.45) is 2.10. The van der Waals surface area contributed by atoms with Gasteiger partial charge in [0.25, 0.3) is 5.91 Å². The summed E-state index contributed by atoms with van der Waals surface area (Å²) in [5.74, 6) is -1.12. The van der Waals surface area contributed by atoms with E-state index in [9.17, 15) is 18.0 Å². The van der Waals surface area contributed by atoms with Gasteiger partial charge in [-0.05, 0) is 44.4 Å². The molecular formula is C24H25F3N4O3S. The number of nitrogens with one attached hydrogen (secondary N) is 1. The van der Waals surface area contributed by atoms with E-state index in [1.54, 1.807) is 30.4 Å². The van der Waals surface area contributed by atoms with Crippen LogP contribution in [0.3, 0.4) is 0 Å². The van der Waals surface area contributed by atoms with Gasteiger partial charge in [0.2, 0.25) is 5.82 Å². The highest BCUT2D eigenvalue weighted by Gasteiger charge is 2.34. The number of benzene rings is 1. The second-order valence-electron chi connectivity index (χ2n) is 8.21. The molecule has 35 heavy (non-hydrogen) atoms. The van der Waals surface area contributed by atoms with Crippen LogP contribution < -0.4 is 10.1 Å². The third kappa shape index (κ3) is 6.34. The van der Waals surface area contributed by atoms with Gasteiger partial charge >= 0.3 is 6.18 Å². The van der Waals surface area contributed by atoms with Crippen LogP contribution in [0, 0.1) is 0 Å². The Labute approximate surface area is 204 Å². The van der Waals surface area contributed by atoms with Gasteiger partial charge in [-0.3, -0.25) is 4.79 Å². The molecule has 0 spiro atoms. The minimum atomic E-state index is -4.63. The number of ether oxygens (including phenoxy) is 2. The van der Waals surface area contributed by atoms with Gasteiger partial charge in [0.15, 0.2) is 0 Å². The second-order valence-corrected chi connectivity index (χ2v) is 9.33. The number of alkyl halides is 3. The van der Waals surface area contributed by atoms with Crippen LogP contribution in [0.2, 0.25) is 0 Å². The zero-order valence-corrected chi connectivity index (χ0v) is 20.1. The Morgan fingerprint density at radius 2 is 2.00 bits per heavy atom. The number of carbonyl (C=O) groups excluding carboxylic acids is 1. The first kappa shape index (κ1) is 25.1. The maximum atomic E-state index is 13.1. The molecular weight excluding hydrogens is 481 g/mol. The molecule has 3 heterocycles. The molecule has 0 radical (unpaired) electrons. The molecule has 1 N–H and O–H groups in total. The number of aryl methyl sites for hydroxylation is 1. The predicted molar refractivity (Wildman–Crippen MR) is 124 cm³/mol. The van der Waals surface area contributed by atoms with Crippen LogP contribution in [0.4, 0.5) is 13.2 Å². The molecule has 0 unspecified atom stereocenters. The van der Waals surface area contributed by atoms with Crippen LogP contribution in [-0.2, 0) is 17.3 Å². The fourth-order valence-electron chi connectivity index (χ4n) is 3.58. The third-order valence-electron chi connectivity index (χ3n) is 5.55. The van der Waals surface area contributed by atoms with Crippen LogP contribution in [0.5, 0.6) is 5.75 Å². The largest absolute Gasteiger partial charge is 0.491 e. The Morgan fingerprint density at radius 3 is 2.63 bits per heavy atom. The number of hydrogen-bond donors (Lipinski definition) is 1. The normalized spacial score (nSPS) is 16.8. The minimum absolute atomic E-state index is 0.0159. The highest BCUT2D eigenvalue weighted by Crippen LogP contribution is 2.31. The Kier molecular flexibility index (Phi) is 7.66. The first-order chi connectivity index (χ1) is 16.7. The maximum Gasteiger partial charge on any atom is 0.451 e. The van der Waals surface area contributed by atoms with Crippen molar-refractivity contribution in [1.82, 2.24) is 20.3 Å². The predicted octanol–water partition coefficient (Wildman–Crippen LogP) is 5.23. The van der Waals surface area contributed by atoms with Gasteiger partial charge in [0.05, 0.1) is 12.1 Å². The molecule has 11 heteroatoms. The average Bonchev–Trinajstić information content (AvgIpc) is 3.54. The van der Waals surface area contributed by atoms with Crippen molar-refractivity contribution in [3.8, 4) is 16.3 Å². The lowest BCUT2D eigenvalue weighted by Crippen LogP contribution is -2.27. The topological polar surface area (TPSA) is 86.2 Å². The van der Waals surface area contributed by atoms with Gasteiger partial charge < -0.3 is 14.8 Å². The number of aromatic nitrogens is 3. The molecule has 1 fully saturated rings. The Bertz CT molecular complexity index is 1160. The lowest BCUT2D eigenvalue weighted by Gasteiger charge is -2.16. The van der Waals surface area contributed by atoms with Gasteiger partial charge in [-0.1, -0.05) is 6.92 Å². The Balaban J connectivity index is 1.54. The van der Waals surface area contributed by atoms with Gasteiger partial charge in [-0.2, -0.15) is 13.2 Å². The maximum absolute atomic E-state index is 13.1. The highest BCUT2D eigenvalue weighted by molar-refractivity contribution is 7.15. The third-order valence-corrected chi connectivity index (χ3v) is 6.74. The van der Waals surface area contributed by atoms with Crippen molar-refractivity contribution in [2.45, 2.75) is 51.4 Å². The molecule has 0 bridgehead atoms. The van der Waals surface area contributed by atoms with E-state index in [-0.39, 0.29) is 6.10 Å². The molecule has 1 saturated heterocycles. The van der Waals surface area contributed by atoms with E-state index < -0.39 is 23.9 Å². The fraction of sp³-hybridized carbons (Fsp3) is 0.417. The van der Waals surface area contributed by atoms with Crippen LogP contribution in [-0.4, -0.2) is 40.2 Å². The van der Waals surface area contributed by atoms with E-state index in [1.165, 1.54) is 0 Å². The van der Waals surface area contributed by atoms with Crippen molar-refractivity contribution in [1.29, 1.82) is 0 Å². The second kappa shape index (κ2) is 10.7. The van der Waals surface area contributed by atoms with Crippen LogP contribution in [0.15, 0.2) is 36.8 Å². The molecule has 0 aliphatic carbocycles. The molecule has 3 aromatic rings. The van der Waals surface area contributed by atoms with Crippen LogP contribution in [0.25, 0.3) is 10.6 Å². The smallest absolute Gasteiger partial charge is 0.451 e. The zero-order chi connectivity index (χ0) is 25.0. The van der Waals surface area contributed by atoms with Crippen LogP contribution in [0.1, 0.15) is 59.4 Å². The monoisotopic (exact) mass is 506 g/mol. The molecule has 186 valence electrons. The number of rotatable bonds is 8. The van der Waals surface area contributed by atoms with E-state index in [1.807, 2.05) is 19.2 Å². The van der Waals surface area contributed by atoms with Crippen molar-refractivity contribution in [2.75, 3.05) is 13.2 Å². The number of amides is 1. The molecule has 0 saturated carbocycles. The standard InChI is InChI=1S/C24H25F3N4O3S/c1-3-20-12-28-22(35-20)16-7-15(8-19(9-16)34-13-18-5-4-6-33-18)21(32)31-14(2)17-10-29-23(30-11-17)24(25,26)27/h7-12,14,18H,3-6,13H2,1-2H3,(H,31,32)/t14-,18+/m1/s1. The van der Waals surface area contributed by atoms with Crippen molar-refractivity contribution >= 4 is 17.2 Å². The molecule has 1 aliphatic heterocycles. The van der Waals surface area contributed by atoms with E-state index in [0.717, 1.165) is 47.1 Å². The lowest BCUT2D eigenvalue weighted by molar-refractivity contribution is -0.145. The minimum Gasteiger partial charge on any atom is -0.491 e. The number of thiazole rings is 1. The summed E-state index contributed by atoms with van der Waals surface area (Å²) in [6.45, 7) is 4.79. The number of nitrogens with zero attached hydrogens (tertiary/aromatic N) is 3. The van der Waals surface area contributed by atoms with E-state index in [2.05, 4.69) is 20.3 Å². The molecule has 1 aliphatic rings. The van der Waals surface area contributed by atoms with Gasteiger partial charge in [0, 0.05) is 46.8 Å². The summed E-state index contributed by atoms with van der Waals surface area (Å²) < 4.78 is 49.8. The quantitative estimate of drug-likeness (QED) is 0.450. The number of hydrogen-bond acceptors (Lipinski definition) is 7. The van der Waals surface area contributed by atoms with Crippen molar-refractivity contribution in [3.63, 3.8) is 0 Å². The van der Waals surface area contributed by atoms with Crippen molar-refractivity contribution < 1.29 is 27.4 Å². The van der Waals surface area contributed by atoms with Gasteiger partial charge in [0.1, 0.15) is 17.4 Å². The summed E-state index contributed by atoms with van der Waals surface area (Å²) in [4.78, 5) is 25.4. The average molecular weight is 507 g/mol. The first-order valence-electron chi connectivity index (χ1n) is 11.3. The molecule has 4 rings (SSSR count). The first-order valence-corrected chi connectivity index (χ1v) is 12.1. The number of halogens is 3. The van der Waals surface area contributed by atoms with Gasteiger partial charge in [-0.25, -0.2) is 15.0 Å². The summed E-state index contributed by atoms with van der Waals surface area (Å²) in [6, 6.07) is 4.59. The highest BCUT2D eigenvalue weighted by atomic mass is 32.1. The zero-order valence-electron chi connectivity index (χ0n) is 19.3. The molecule has 1 aromatic carbocycles. The van der Waals surface area contributed by atoms with E-state index in [0.29, 0.717) is 30.1 Å². The van der Waals surface area contributed by atoms with Gasteiger partial charge in [-0.15, -0.1) is 11.3 Å². The van der Waals surface area contributed by atoms with Crippen molar-refractivity contribution in [2.24, 2.45) is 0 Å². The van der Waals surface area contributed by atoms with E-state index in [4.69, 9.17) is 9.47 Å².